The Bertz CT molecular complexity index is 677. The van der Waals surface area contributed by atoms with Gasteiger partial charge in [0, 0.05) is 11.9 Å². The predicted octanol–water partition coefficient (Wildman–Crippen LogP) is 4.41. The van der Waals surface area contributed by atoms with Crippen molar-refractivity contribution in [1.29, 1.82) is 0 Å². The van der Waals surface area contributed by atoms with Crippen LogP contribution < -0.4 is 10.9 Å². The van der Waals surface area contributed by atoms with Crippen molar-refractivity contribution in [2.24, 2.45) is 0 Å². The van der Waals surface area contributed by atoms with Crippen LogP contribution in [-0.2, 0) is 6.18 Å². The molecule has 2 rings (SSSR count). The second-order valence-corrected chi connectivity index (χ2v) is 4.77. The van der Waals surface area contributed by atoms with E-state index in [1.165, 1.54) is 24.3 Å². The predicted molar refractivity (Wildman–Crippen MR) is 75.5 cm³/mol. The summed E-state index contributed by atoms with van der Waals surface area (Å²) in [6.07, 6.45) is -2.10. The van der Waals surface area contributed by atoms with E-state index in [9.17, 15) is 18.0 Å². The molecule has 0 aliphatic heterocycles. The van der Waals surface area contributed by atoms with Gasteiger partial charge in [-0.25, -0.2) is 4.79 Å². The van der Waals surface area contributed by atoms with E-state index in [0.29, 0.717) is 13.0 Å². The molecule has 0 radical (unpaired) electrons. The lowest BCUT2D eigenvalue weighted by molar-refractivity contribution is -0.135. The number of rotatable bonds is 5. The number of fused-ring (bicyclic) bond motifs is 1. The van der Waals surface area contributed by atoms with Gasteiger partial charge in [0.25, 0.3) is 0 Å². The van der Waals surface area contributed by atoms with Gasteiger partial charge in [0.05, 0.1) is 5.56 Å². The van der Waals surface area contributed by atoms with Crippen molar-refractivity contribution < 1.29 is 17.6 Å². The van der Waals surface area contributed by atoms with Crippen molar-refractivity contribution in [2.75, 3.05) is 11.9 Å². The van der Waals surface area contributed by atoms with Crippen LogP contribution in [0.5, 0.6) is 0 Å². The second kappa shape index (κ2) is 6.20. The molecule has 0 atom stereocenters. The van der Waals surface area contributed by atoms with Crippen molar-refractivity contribution in [3.05, 3.63) is 40.2 Å². The molecule has 0 saturated carbocycles. The Balaban J connectivity index is 2.52. The molecule has 6 heteroatoms. The summed E-state index contributed by atoms with van der Waals surface area (Å²) in [5.74, 6) is 0. The first-order valence-corrected chi connectivity index (χ1v) is 6.82. The minimum atomic E-state index is -4.62. The Hall–Kier alpha value is -1.98. The van der Waals surface area contributed by atoms with E-state index in [0.717, 1.165) is 12.8 Å². The summed E-state index contributed by atoms with van der Waals surface area (Å²) in [7, 11) is 0. The van der Waals surface area contributed by atoms with E-state index in [2.05, 4.69) is 5.32 Å². The Morgan fingerprint density at radius 3 is 2.57 bits per heavy atom. The van der Waals surface area contributed by atoms with Gasteiger partial charge in [-0.1, -0.05) is 38.0 Å². The third kappa shape index (κ3) is 3.37. The van der Waals surface area contributed by atoms with E-state index in [-0.39, 0.29) is 11.0 Å². The molecule has 0 bridgehead atoms. The molecule has 0 aliphatic carbocycles. The fourth-order valence-electron chi connectivity index (χ4n) is 2.19. The lowest BCUT2D eigenvalue weighted by Gasteiger charge is -2.15. The molecule has 0 aliphatic rings. The first-order valence-electron chi connectivity index (χ1n) is 6.82. The maximum atomic E-state index is 13.3. The average molecular weight is 299 g/mol. The summed E-state index contributed by atoms with van der Waals surface area (Å²) in [5.41, 5.74) is -2.50. The molecule has 0 fully saturated rings. The molecular weight excluding hydrogens is 283 g/mol. The fourth-order valence-corrected chi connectivity index (χ4v) is 2.19. The molecule has 114 valence electrons. The minimum Gasteiger partial charge on any atom is -0.421 e. The van der Waals surface area contributed by atoms with E-state index in [1.54, 1.807) is 0 Å². The van der Waals surface area contributed by atoms with Crippen LogP contribution >= 0.6 is 0 Å². The standard InChI is InChI=1S/C15H16F3NO2/c1-2-3-6-9-19-13-12(15(16,17)18)10-7-4-5-8-11(10)21-14(13)20/h4-5,7-8,19H,2-3,6,9H2,1H3. The zero-order chi connectivity index (χ0) is 15.5. The summed E-state index contributed by atoms with van der Waals surface area (Å²) in [5, 5.41) is 2.48. The van der Waals surface area contributed by atoms with Crippen molar-refractivity contribution in [3.8, 4) is 0 Å². The molecule has 2 aromatic rings. The van der Waals surface area contributed by atoms with Gasteiger partial charge in [-0.05, 0) is 12.5 Å². The highest BCUT2D eigenvalue weighted by atomic mass is 19.4. The molecule has 0 amide bonds. The third-order valence-electron chi connectivity index (χ3n) is 3.18. The van der Waals surface area contributed by atoms with Crippen LogP contribution in [0.3, 0.4) is 0 Å². The van der Waals surface area contributed by atoms with Gasteiger partial charge in [0.1, 0.15) is 11.3 Å². The number of hydrogen-bond donors (Lipinski definition) is 1. The molecule has 21 heavy (non-hydrogen) atoms. The van der Waals surface area contributed by atoms with E-state index < -0.39 is 23.1 Å². The first-order chi connectivity index (χ1) is 9.95. The average Bonchev–Trinajstić information content (AvgIpc) is 2.42. The lowest BCUT2D eigenvalue weighted by Crippen LogP contribution is -2.20. The van der Waals surface area contributed by atoms with Crippen LogP contribution in [0, 0.1) is 0 Å². The molecule has 3 nitrogen and oxygen atoms in total. The van der Waals surface area contributed by atoms with Gasteiger partial charge in [0.2, 0.25) is 0 Å². The largest absolute Gasteiger partial charge is 0.421 e. The Labute approximate surface area is 119 Å². The van der Waals surface area contributed by atoms with Gasteiger partial charge in [0.15, 0.2) is 0 Å². The van der Waals surface area contributed by atoms with Crippen LogP contribution in [0.1, 0.15) is 31.7 Å². The maximum Gasteiger partial charge on any atom is 0.419 e. The van der Waals surface area contributed by atoms with E-state index in [1.807, 2.05) is 6.92 Å². The van der Waals surface area contributed by atoms with Crippen molar-refractivity contribution in [1.82, 2.24) is 0 Å². The van der Waals surface area contributed by atoms with Crippen LogP contribution in [-0.4, -0.2) is 6.54 Å². The molecule has 0 unspecified atom stereocenters. The van der Waals surface area contributed by atoms with E-state index in [4.69, 9.17) is 4.42 Å². The highest BCUT2D eigenvalue weighted by molar-refractivity contribution is 5.85. The molecule has 1 aromatic carbocycles. The van der Waals surface area contributed by atoms with Crippen molar-refractivity contribution >= 4 is 16.7 Å². The topological polar surface area (TPSA) is 42.2 Å². The van der Waals surface area contributed by atoms with Crippen LogP contribution in [0.25, 0.3) is 11.0 Å². The molecule has 1 heterocycles. The molecule has 0 spiro atoms. The Morgan fingerprint density at radius 2 is 1.90 bits per heavy atom. The number of unbranched alkanes of at least 4 members (excludes halogenated alkanes) is 2. The number of benzene rings is 1. The number of hydrogen-bond acceptors (Lipinski definition) is 3. The second-order valence-electron chi connectivity index (χ2n) is 4.77. The first kappa shape index (κ1) is 15.4. The van der Waals surface area contributed by atoms with Gasteiger partial charge in [-0.2, -0.15) is 13.2 Å². The van der Waals surface area contributed by atoms with Crippen molar-refractivity contribution in [2.45, 2.75) is 32.4 Å². The molecule has 0 saturated heterocycles. The smallest absolute Gasteiger partial charge is 0.419 e. The Morgan fingerprint density at radius 1 is 1.19 bits per heavy atom. The highest BCUT2D eigenvalue weighted by Gasteiger charge is 2.37. The summed E-state index contributed by atoms with van der Waals surface area (Å²) >= 11 is 0. The minimum absolute atomic E-state index is 0.0612. The number of para-hydroxylation sites is 1. The number of halogens is 3. The van der Waals surface area contributed by atoms with Gasteiger partial charge < -0.3 is 9.73 Å². The zero-order valence-corrected chi connectivity index (χ0v) is 11.6. The molecule has 1 aromatic heterocycles. The van der Waals surface area contributed by atoms with Crippen LogP contribution in [0.4, 0.5) is 18.9 Å². The number of nitrogens with one attached hydrogen (secondary N) is 1. The molecular formula is C15H16F3NO2. The molecule has 1 N–H and O–H groups in total. The fraction of sp³-hybridized carbons (Fsp3) is 0.400. The highest BCUT2D eigenvalue weighted by Crippen LogP contribution is 2.38. The number of anilines is 1. The zero-order valence-electron chi connectivity index (χ0n) is 11.6. The van der Waals surface area contributed by atoms with Crippen molar-refractivity contribution in [3.63, 3.8) is 0 Å². The normalized spacial score (nSPS) is 11.8. The summed E-state index contributed by atoms with van der Waals surface area (Å²) in [6, 6.07) is 5.67. The number of alkyl halides is 3. The van der Waals surface area contributed by atoms with Crippen LogP contribution in [0.15, 0.2) is 33.5 Å². The van der Waals surface area contributed by atoms with Gasteiger partial charge in [-0.15, -0.1) is 0 Å². The summed E-state index contributed by atoms with van der Waals surface area (Å²) in [6.45, 7) is 2.30. The van der Waals surface area contributed by atoms with Gasteiger partial charge in [-0.3, -0.25) is 0 Å². The summed E-state index contributed by atoms with van der Waals surface area (Å²) < 4.78 is 44.9. The van der Waals surface area contributed by atoms with Gasteiger partial charge >= 0.3 is 11.8 Å². The van der Waals surface area contributed by atoms with Crippen LogP contribution in [0.2, 0.25) is 0 Å². The quantitative estimate of drug-likeness (QED) is 0.656. The summed E-state index contributed by atoms with van der Waals surface area (Å²) in [4.78, 5) is 11.8. The van der Waals surface area contributed by atoms with E-state index >= 15 is 0 Å². The third-order valence-corrected chi connectivity index (χ3v) is 3.18. The SMILES string of the molecule is CCCCCNc1c(C(F)(F)F)c2ccccc2oc1=O. The maximum absolute atomic E-state index is 13.3. The Kier molecular flexibility index (Phi) is 4.55. The monoisotopic (exact) mass is 299 g/mol. The lowest BCUT2D eigenvalue weighted by atomic mass is 10.1.